The van der Waals surface area contributed by atoms with E-state index >= 15 is 0 Å². The molecule has 2 aromatic rings. The molecule has 0 saturated carbocycles. The number of piperidine rings is 1. The molecule has 1 atom stereocenters. The predicted octanol–water partition coefficient (Wildman–Crippen LogP) is 2.82. The van der Waals surface area contributed by atoms with Gasteiger partial charge in [0.05, 0.1) is 5.39 Å². The van der Waals surface area contributed by atoms with Crippen LogP contribution in [0.25, 0.3) is 11.0 Å². The molecule has 1 aliphatic rings. The average Bonchev–Trinajstić information content (AvgIpc) is 2.89. The number of pyridine rings is 1. The molecule has 0 bridgehead atoms. The second-order valence-corrected chi connectivity index (χ2v) is 8.70. The number of nitrogens with zero attached hydrogens (tertiary/aromatic N) is 4. The fourth-order valence-electron chi connectivity index (χ4n) is 3.14. The van der Waals surface area contributed by atoms with Crippen LogP contribution in [0.2, 0.25) is 5.15 Å². The summed E-state index contributed by atoms with van der Waals surface area (Å²) in [6.45, 7) is 4.98. The third kappa shape index (κ3) is 3.50. The number of aromatic nitrogens is 3. The molecule has 1 fully saturated rings. The molecule has 2 aromatic heterocycles. The first-order valence-electron chi connectivity index (χ1n) is 8.14. The van der Waals surface area contributed by atoms with Crippen LogP contribution in [-0.4, -0.2) is 49.2 Å². The predicted molar refractivity (Wildman–Crippen MR) is 97.8 cm³/mol. The van der Waals surface area contributed by atoms with Crippen LogP contribution in [0.1, 0.15) is 19.8 Å². The molecule has 2 N–H and O–H groups in total. The van der Waals surface area contributed by atoms with Gasteiger partial charge in [0.2, 0.25) is 0 Å². The minimum Gasteiger partial charge on any atom is -0.384 e. The van der Waals surface area contributed by atoms with Gasteiger partial charge in [0, 0.05) is 44.3 Å². The third-order valence-electron chi connectivity index (χ3n) is 4.54. The molecule has 0 radical (unpaired) electrons. The summed E-state index contributed by atoms with van der Waals surface area (Å²) in [5.74, 6) is 0.492. The molecule has 132 valence electrons. The lowest BCUT2D eigenvalue weighted by Gasteiger charge is -2.31. The Morgan fingerprint density at radius 3 is 2.79 bits per heavy atom. The zero-order valence-corrected chi connectivity index (χ0v) is 15.5. The van der Waals surface area contributed by atoms with Crippen molar-refractivity contribution in [1.82, 2.24) is 19.1 Å². The summed E-state index contributed by atoms with van der Waals surface area (Å²) in [5.41, 5.74) is 1.74. The molecule has 1 saturated heterocycles. The molecular formula is C15H23ClN6OS. The number of aryl methyl sites for hydroxylation is 1. The van der Waals surface area contributed by atoms with Crippen molar-refractivity contribution in [2.75, 3.05) is 31.2 Å². The molecule has 0 spiro atoms. The van der Waals surface area contributed by atoms with Crippen molar-refractivity contribution in [3.8, 4) is 0 Å². The number of hydrogen-bond acceptors (Lipinski definition) is 5. The lowest BCUT2D eigenvalue weighted by Crippen LogP contribution is -2.38. The fraction of sp³-hybridized carbons (Fsp3) is 0.600. The summed E-state index contributed by atoms with van der Waals surface area (Å²) in [5, 5.41) is 9.13. The Morgan fingerprint density at radius 1 is 1.46 bits per heavy atom. The van der Waals surface area contributed by atoms with E-state index in [9.17, 15) is 4.21 Å². The molecule has 9 heteroatoms. The van der Waals surface area contributed by atoms with Crippen molar-refractivity contribution >= 4 is 38.2 Å². The topological polar surface area (TPSA) is 86.9 Å². The van der Waals surface area contributed by atoms with Crippen molar-refractivity contribution in [1.29, 1.82) is 4.78 Å². The summed E-state index contributed by atoms with van der Waals surface area (Å²) < 4.78 is 23.0. The van der Waals surface area contributed by atoms with Gasteiger partial charge in [0.1, 0.15) is 9.92 Å². The van der Waals surface area contributed by atoms with Crippen LogP contribution < -0.4 is 5.32 Å². The van der Waals surface area contributed by atoms with E-state index in [0.717, 1.165) is 42.7 Å². The van der Waals surface area contributed by atoms with E-state index in [1.165, 1.54) is 6.26 Å². The summed E-state index contributed by atoms with van der Waals surface area (Å²) >= 11 is 6.28. The molecule has 0 amide bonds. The van der Waals surface area contributed by atoms with Crippen LogP contribution in [0.15, 0.2) is 12.3 Å². The third-order valence-corrected chi connectivity index (χ3v) is 6.15. The normalized spacial score (nSPS) is 19.5. The van der Waals surface area contributed by atoms with E-state index in [0.29, 0.717) is 24.2 Å². The van der Waals surface area contributed by atoms with E-state index in [4.69, 9.17) is 16.4 Å². The number of rotatable bonds is 5. The van der Waals surface area contributed by atoms with Crippen molar-refractivity contribution < 1.29 is 4.21 Å². The standard InChI is InChI=1S/C15H23ClN6OS/c1-3-22-15-13(14(16)20-22)12(4-7-18-15)19-10-11-5-8-21(9-6-11)24(2,17)23/h4,7,11,17H,3,5-6,8-10H2,1-2H3,(H,18,19). The zero-order chi connectivity index (χ0) is 17.3. The van der Waals surface area contributed by atoms with E-state index in [2.05, 4.69) is 15.4 Å². The van der Waals surface area contributed by atoms with E-state index in [1.54, 1.807) is 15.2 Å². The van der Waals surface area contributed by atoms with Crippen LogP contribution in [-0.2, 0) is 16.5 Å². The fourth-order valence-corrected chi connectivity index (χ4v) is 4.32. The SMILES string of the molecule is CCn1nc(Cl)c2c(NCC3CCN(S(C)(=N)=O)CC3)ccnc21. The Balaban J connectivity index is 1.68. The zero-order valence-electron chi connectivity index (χ0n) is 14.0. The molecular weight excluding hydrogens is 348 g/mol. The van der Waals surface area contributed by atoms with Crippen LogP contribution in [0.4, 0.5) is 5.69 Å². The molecule has 3 rings (SSSR count). The van der Waals surface area contributed by atoms with Gasteiger partial charge in [-0.25, -0.2) is 23.0 Å². The van der Waals surface area contributed by atoms with Crippen LogP contribution in [0, 0.1) is 10.7 Å². The molecule has 1 unspecified atom stereocenters. The van der Waals surface area contributed by atoms with Crippen LogP contribution in [0.3, 0.4) is 0 Å². The highest BCUT2D eigenvalue weighted by molar-refractivity contribution is 7.89. The van der Waals surface area contributed by atoms with Crippen LogP contribution >= 0.6 is 11.6 Å². The van der Waals surface area contributed by atoms with Crippen molar-refractivity contribution in [2.45, 2.75) is 26.3 Å². The Labute approximate surface area is 147 Å². The van der Waals surface area contributed by atoms with Gasteiger partial charge in [-0.05, 0) is 31.7 Å². The molecule has 0 aliphatic carbocycles. The van der Waals surface area contributed by atoms with Gasteiger partial charge >= 0.3 is 0 Å². The number of hydrogen-bond donors (Lipinski definition) is 2. The maximum Gasteiger partial charge on any atom is 0.162 e. The van der Waals surface area contributed by atoms with Crippen molar-refractivity contribution in [2.24, 2.45) is 5.92 Å². The molecule has 24 heavy (non-hydrogen) atoms. The first-order chi connectivity index (χ1) is 11.4. The number of anilines is 1. The number of fused-ring (bicyclic) bond motifs is 1. The van der Waals surface area contributed by atoms with E-state index in [-0.39, 0.29) is 0 Å². The maximum absolute atomic E-state index is 11.8. The summed E-state index contributed by atoms with van der Waals surface area (Å²) in [7, 11) is -2.57. The number of halogens is 1. The molecule has 0 aromatic carbocycles. The quantitative estimate of drug-likeness (QED) is 0.847. The van der Waals surface area contributed by atoms with E-state index < -0.39 is 9.92 Å². The van der Waals surface area contributed by atoms with Gasteiger partial charge < -0.3 is 5.32 Å². The largest absolute Gasteiger partial charge is 0.384 e. The number of nitrogens with one attached hydrogen (secondary N) is 2. The first-order valence-corrected chi connectivity index (χ1v) is 10.4. The van der Waals surface area contributed by atoms with Gasteiger partial charge in [0.25, 0.3) is 0 Å². The second kappa shape index (κ2) is 6.85. The van der Waals surface area contributed by atoms with Gasteiger partial charge in [-0.1, -0.05) is 11.6 Å². The highest BCUT2D eigenvalue weighted by atomic mass is 35.5. The molecule has 3 heterocycles. The Morgan fingerprint density at radius 2 is 2.17 bits per heavy atom. The monoisotopic (exact) mass is 370 g/mol. The second-order valence-electron chi connectivity index (χ2n) is 6.22. The molecule has 7 nitrogen and oxygen atoms in total. The summed E-state index contributed by atoms with van der Waals surface area (Å²) in [6, 6.07) is 1.92. The molecule has 1 aliphatic heterocycles. The van der Waals surface area contributed by atoms with Gasteiger partial charge in [-0.15, -0.1) is 0 Å². The average molecular weight is 371 g/mol. The minimum atomic E-state index is -2.57. The lowest BCUT2D eigenvalue weighted by molar-refractivity contribution is 0.291. The Bertz CT molecular complexity index is 826. The van der Waals surface area contributed by atoms with Crippen LogP contribution in [0.5, 0.6) is 0 Å². The minimum absolute atomic E-state index is 0.470. The van der Waals surface area contributed by atoms with Crippen molar-refractivity contribution in [3.05, 3.63) is 17.4 Å². The van der Waals surface area contributed by atoms with Gasteiger partial charge in [-0.3, -0.25) is 0 Å². The van der Waals surface area contributed by atoms with Gasteiger partial charge in [0.15, 0.2) is 10.8 Å². The summed E-state index contributed by atoms with van der Waals surface area (Å²) in [4.78, 5) is 4.38. The van der Waals surface area contributed by atoms with Gasteiger partial charge in [-0.2, -0.15) is 5.10 Å². The Hall–Kier alpha value is -1.38. The first kappa shape index (κ1) is 17.4. The Kier molecular flexibility index (Phi) is 4.98. The van der Waals surface area contributed by atoms with E-state index in [1.807, 2.05) is 13.0 Å². The maximum atomic E-state index is 11.8. The highest BCUT2D eigenvalue weighted by Gasteiger charge is 2.23. The highest BCUT2D eigenvalue weighted by Crippen LogP contribution is 2.29. The smallest absolute Gasteiger partial charge is 0.162 e. The summed E-state index contributed by atoms with van der Waals surface area (Å²) in [6.07, 6.45) is 5.14. The van der Waals surface area contributed by atoms with Crippen molar-refractivity contribution in [3.63, 3.8) is 0 Å². The lowest BCUT2D eigenvalue weighted by atomic mass is 9.98.